The molecule has 1 amide bonds. The number of alkyl halides is 2. The van der Waals surface area contributed by atoms with Crippen LogP contribution in [0.1, 0.15) is 16.1 Å². The molecule has 5 N–H and O–H groups in total. The van der Waals surface area contributed by atoms with Crippen molar-refractivity contribution in [1.82, 2.24) is 9.97 Å². The average molecular weight is 434 g/mol. The summed E-state index contributed by atoms with van der Waals surface area (Å²) in [6, 6.07) is 3.13. The molecule has 3 rings (SSSR count). The minimum atomic E-state index is -3.12. The molecular weight excluding hydrogens is 417 g/mol. The summed E-state index contributed by atoms with van der Waals surface area (Å²) in [5, 5.41) is 2.41. The first-order valence-corrected chi connectivity index (χ1v) is 8.77. The van der Waals surface area contributed by atoms with Gasteiger partial charge in [-0.25, -0.2) is 18.2 Å². The highest BCUT2D eigenvalue weighted by Crippen LogP contribution is 2.38. The standard InChI is InChI=1S/C19H17F3N6O3/c1-2-5-31-14-7-25-15(16(24)27-14)17(29)26-10-3-4-12(20)11(6-10)19(18(21)22)9-30-8-13(23)28-19/h1,3-4,6-7,18H,5,8-9H2,(H2,23,28)(H2,24,27)(H,26,29)/t19-/m0/s1. The highest BCUT2D eigenvalue weighted by molar-refractivity contribution is 6.05. The molecule has 0 aliphatic carbocycles. The van der Waals surface area contributed by atoms with Gasteiger partial charge in [0.15, 0.2) is 23.7 Å². The van der Waals surface area contributed by atoms with E-state index in [4.69, 9.17) is 27.4 Å². The molecule has 0 saturated heterocycles. The smallest absolute Gasteiger partial charge is 0.278 e. The number of aromatic nitrogens is 2. The number of ether oxygens (including phenoxy) is 2. The molecule has 1 aliphatic heterocycles. The summed E-state index contributed by atoms with van der Waals surface area (Å²) in [6.07, 6.45) is 3.09. The van der Waals surface area contributed by atoms with E-state index in [1.54, 1.807) is 0 Å². The molecule has 0 saturated carbocycles. The Hall–Kier alpha value is -3.85. The van der Waals surface area contributed by atoms with Gasteiger partial charge in [0.25, 0.3) is 12.3 Å². The highest BCUT2D eigenvalue weighted by atomic mass is 19.3. The highest BCUT2D eigenvalue weighted by Gasteiger charge is 2.46. The summed E-state index contributed by atoms with van der Waals surface area (Å²) in [5.41, 5.74) is 8.17. The van der Waals surface area contributed by atoms with Gasteiger partial charge in [-0.2, -0.15) is 4.98 Å². The lowest BCUT2D eigenvalue weighted by molar-refractivity contribution is -0.0145. The summed E-state index contributed by atoms with van der Waals surface area (Å²) in [4.78, 5) is 24.0. The molecule has 1 aliphatic rings. The van der Waals surface area contributed by atoms with E-state index in [0.717, 1.165) is 18.3 Å². The molecule has 0 spiro atoms. The number of amides is 1. The number of rotatable bonds is 6. The zero-order valence-electron chi connectivity index (χ0n) is 15.9. The molecule has 12 heteroatoms. The Morgan fingerprint density at radius 1 is 1.42 bits per heavy atom. The topological polar surface area (TPSA) is 138 Å². The predicted molar refractivity (Wildman–Crippen MR) is 105 cm³/mol. The first kappa shape index (κ1) is 21.8. The van der Waals surface area contributed by atoms with Crippen molar-refractivity contribution in [2.75, 3.05) is 30.9 Å². The fourth-order valence-electron chi connectivity index (χ4n) is 2.87. The largest absolute Gasteiger partial charge is 0.463 e. The number of nitrogens with two attached hydrogens (primary N) is 2. The van der Waals surface area contributed by atoms with Crippen molar-refractivity contribution in [3.8, 4) is 18.2 Å². The second kappa shape index (κ2) is 8.88. The number of carbonyl (C=O) groups excluding carboxylic acids is 1. The molecule has 162 valence electrons. The van der Waals surface area contributed by atoms with Crippen molar-refractivity contribution < 1.29 is 27.4 Å². The van der Waals surface area contributed by atoms with Crippen LogP contribution in [0.15, 0.2) is 29.4 Å². The third-order valence-electron chi connectivity index (χ3n) is 4.26. The van der Waals surface area contributed by atoms with Gasteiger partial charge in [-0.3, -0.25) is 9.79 Å². The van der Waals surface area contributed by atoms with Crippen LogP contribution in [0.2, 0.25) is 0 Å². The van der Waals surface area contributed by atoms with Crippen molar-refractivity contribution in [1.29, 1.82) is 0 Å². The number of hydrogen-bond acceptors (Lipinski definition) is 8. The fraction of sp³-hybridized carbons (Fsp3) is 0.263. The van der Waals surface area contributed by atoms with E-state index in [9.17, 15) is 18.0 Å². The number of benzene rings is 1. The molecule has 2 heterocycles. The lowest BCUT2D eigenvalue weighted by Gasteiger charge is -2.33. The molecule has 0 radical (unpaired) electrons. The average Bonchev–Trinajstić information content (AvgIpc) is 2.73. The van der Waals surface area contributed by atoms with E-state index in [1.807, 2.05) is 0 Å². The first-order valence-electron chi connectivity index (χ1n) is 8.77. The number of nitrogen functional groups attached to an aromatic ring is 1. The second-order valence-electron chi connectivity index (χ2n) is 6.40. The Kier molecular flexibility index (Phi) is 6.26. The number of nitrogens with zero attached hydrogens (tertiary/aromatic N) is 3. The Labute approximate surface area is 174 Å². The second-order valence-corrected chi connectivity index (χ2v) is 6.40. The van der Waals surface area contributed by atoms with Crippen LogP contribution in [-0.2, 0) is 10.3 Å². The van der Waals surface area contributed by atoms with Crippen molar-refractivity contribution in [2.24, 2.45) is 10.7 Å². The molecule has 0 bridgehead atoms. The molecule has 1 aromatic heterocycles. The minimum Gasteiger partial charge on any atom is -0.463 e. The first-order chi connectivity index (χ1) is 14.8. The zero-order valence-corrected chi connectivity index (χ0v) is 15.9. The van der Waals surface area contributed by atoms with Crippen LogP contribution in [0.25, 0.3) is 0 Å². The van der Waals surface area contributed by atoms with E-state index in [0.29, 0.717) is 0 Å². The molecule has 1 aromatic carbocycles. The molecule has 1 atom stereocenters. The fourth-order valence-corrected chi connectivity index (χ4v) is 2.87. The molecule has 0 fully saturated rings. The summed E-state index contributed by atoms with van der Waals surface area (Å²) in [5.74, 6) is 0.0319. The number of terminal acetylenes is 1. The van der Waals surface area contributed by atoms with Gasteiger partial charge in [0.1, 0.15) is 18.3 Å². The maximum atomic E-state index is 14.5. The number of carbonyl (C=O) groups is 1. The Morgan fingerprint density at radius 2 is 2.19 bits per heavy atom. The SMILES string of the molecule is C#CCOc1cnc(C(=O)Nc2ccc(F)c([C@]3(C(F)F)COCC(N)=N3)c2)c(N)n1. The molecular formula is C19H17F3N6O3. The van der Waals surface area contributed by atoms with Crippen LogP contribution in [0.3, 0.4) is 0 Å². The molecule has 31 heavy (non-hydrogen) atoms. The summed E-state index contributed by atoms with van der Waals surface area (Å²) in [7, 11) is 0. The number of halogens is 3. The van der Waals surface area contributed by atoms with Gasteiger partial charge in [0.2, 0.25) is 5.88 Å². The van der Waals surface area contributed by atoms with E-state index in [2.05, 4.69) is 26.2 Å². The number of nitrogens with one attached hydrogen (secondary N) is 1. The van der Waals surface area contributed by atoms with Crippen LogP contribution in [0.5, 0.6) is 5.88 Å². The minimum absolute atomic E-state index is 0.00497. The van der Waals surface area contributed by atoms with Gasteiger partial charge in [-0.1, -0.05) is 5.92 Å². The van der Waals surface area contributed by atoms with Gasteiger partial charge >= 0.3 is 0 Å². The van der Waals surface area contributed by atoms with E-state index in [-0.39, 0.29) is 42.1 Å². The quantitative estimate of drug-likeness (QED) is 0.583. The normalized spacial score (nSPS) is 18.2. The Balaban J connectivity index is 1.90. The van der Waals surface area contributed by atoms with Gasteiger partial charge in [-0.15, -0.1) is 6.42 Å². The van der Waals surface area contributed by atoms with Gasteiger partial charge < -0.3 is 26.3 Å². The summed E-state index contributed by atoms with van der Waals surface area (Å²) < 4.78 is 52.4. The number of hydrogen-bond donors (Lipinski definition) is 3. The zero-order chi connectivity index (χ0) is 22.6. The van der Waals surface area contributed by atoms with E-state index >= 15 is 0 Å². The predicted octanol–water partition coefficient (Wildman–Crippen LogP) is 1.31. The lowest BCUT2D eigenvalue weighted by atomic mass is 9.90. The van der Waals surface area contributed by atoms with E-state index < -0.39 is 35.9 Å². The summed E-state index contributed by atoms with van der Waals surface area (Å²) >= 11 is 0. The maximum absolute atomic E-state index is 14.5. The molecule has 0 unspecified atom stereocenters. The monoisotopic (exact) mass is 434 g/mol. The Bertz CT molecular complexity index is 1070. The third-order valence-corrected chi connectivity index (χ3v) is 4.26. The summed E-state index contributed by atoms with van der Waals surface area (Å²) in [6.45, 7) is -0.802. The number of anilines is 2. The van der Waals surface area contributed by atoms with Gasteiger partial charge in [0.05, 0.1) is 12.8 Å². The van der Waals surface area contributed by atoms with Crippen molar-refractivity contribution in [2.45, 2.75) is 12.0 Å². The maximum Gasteiger partial charge on any atom is 0.278 e. The van der Waals surface area contributed by atoms with Gasteiger partial charge in [0, 0.05) is 11.3 Å². The van der Waals surface area contributed by atoms with Gasteiger partial charge in [-0.05, 0) is 18.2 Å². The van der Waals surface area contributed by atoms with Crippen molar-refractivity contribution in [3.63, 3.8) is 0 Å². The van der Waals surface area contributed by atoms with Crippen molar-refractivity contribution >= 4 is 23.2 Å². The van der Waals surface area contributed by atoms with E-state index in [1.165, 1.54) is 6.07 Å². The van der Waals surface area contributed by atoms with Crippen LogP contribution in [0.4, 0.5) is 24.7 Å². The van der Waals surface area contributed by atoms with Crippen LogP contribution < -0.4 is 21.5 Å². The van der Waals surface area contributed by atoms with Crippen LogP contribution in [0, 0.1) is 18.2 Å². The van der Waals surface area contributed by atoms with Crippen LogP contribution >= 0.6 is 0 Å². The Morgan fingerprint density at radius 3 is 2.84 bits per heavy atom. The third kappa shape index (κ3) is 4.51. The van der Waals surface area contributed by atoms with Crippen LogP contribution in [-0.4, -0.2) is 48.0 Å². The molecule has 9 nitrogen and oxygen atoms in total. The number of amidine groups is 1. The molecule has 2 aromatic rings. The number of aliphatic imine (C=N–C) groups is 1. The lowest BCUT2D eigenvalue weighted by Crippen LogP contribution is -2.45. The van der Waals surface area contributed by atoms with Crippen molar-refractivity contribution in [3.05, 3.63) is 41.5 Å².